The molecule has 3 aromatic rings. The molecule has 5 rings (SSSR count). The lowest BCUT2D eigenvalue weighted by Crippen LogP contribution is -2.25. The molecule has 2 aliphatic heterocycles. The van der Waals surface area contributed by atoms with E-state index in [1.807, 2.05) is 41.0 Å². The molecule has 4 nitrogen and oxygen atoms in total. The number of likely N-dealkylation sites (tertiary alicyclic amines) is 1. The lowest BCUT2D eigenvalue weighted by atomic mass is 10.0. The van der Waals surface area contributed by atoms with E-state index in [0.717, 1.165) is 28.4 Å². The maximum Gasteiger partial charge on any atom is 0.228 e. The minimum atomic E-state index is -0.248. The molecule has 24 heavy (non-hydrogen) atoms. The first kappa shape index (κ1) is 13.5. The van der Waals surface area contributed by atoms with Crippen LogP contribution in [0, 0.1) is 5.82 Å². The standard InChI is InChI=1S/C19H14FN3O/c1-22-18(24)10-12-17-9-11-13(20)5-4-8-15(11)23(17)16-7-3-2-6-14(16)21-19(12)22/h2-9,12H,10H2,1H3. The van der Waals surface area contributed by atoms with Crippen LogP contribution in [-0.2, 0) is 4.79 Å². The van der Waals surface area contributed by atoms with E-state index in [1.165, 1.54) is 6.07 Å². The first-order chi connectivity index (χ1) is 11.6. The molecule has 1 unspecified atom stereocenters. The molecule has 1 aromatic heterocycles. The molecule has 2 aliphatic rings. The van der Waals surface area contributed by atoms with E-state index in [1.54, 1.807) is 18.0 Å². The van der Waals surface area contributed by atoms with Gasteiger partial charge in [0.1, 0.15) is 11.7 Å². The Labute approximate surface area is 137 Å². The van der Waals surface area contributed by atoms with Gasteiger partial charge in [0.05, 0.1) is 22.8 Å². The number of hydrogen-bond acceptors (Lipinski definition) is 2. The highest BCUT2D eigenvalue weighted by atomic mass is 19.1. The number of aliphatic imine (C=N–C) groups is 1. The van der Waals surface area contributed by atoms with Gasteiger partial charge in [0.2, 0.25) is 5.91 Å². The Morgan fingerprint density at radius 2 is 2.00 bits per heavy atom. The maximum absolute atomic E-state index is 14.3. The van der Waals surface area contributed by atoms with Crippen LogP contribution in [-0.4, -0.2) is 28.3 Å². The Balaban J connectivity index is 1.94. The number of amidine groups is 1. The van der Waals surface area contributed by atoms with Gasteiger partial charge in [0, 0.05) is 24.5 Å². The monoisotopic (exact) mass is 319 g/mol. The SMILES string of the molecule is CN1C(=O)CC2C1=Nc1ccccc1-n1c2cc2c(F)cccc21. The van der Waals surface area contributed by atoms with E-state index in [-0.39, 0.29) is 17.6 Å². The molecule has 1 saturated heterocycles. The van der Waals surface area contributed by atoms with E-state index >= 15 is 0 Å². The topological polar surface area (TPSA) is 37.6 Å². The fourth-order valence-corrected chi connectivity index (χ4v) is 3.77. The Morgan fingerprint density at radius 3 is 2.88 bits per heavy atom. The number of nitrogens with zero attached hydrogens (tertiary/aromatic N) is 3. The molecule has 0 bridgehead atoms. The predicted octanol–water partition coefficient (Wildman–Crippen LogP) is 3.76. The van der Waals surface area contributed by atoms with Crippen molar-refractivity contribution in [3.8, 4) is 5.69 Å². The number of benzene rings is 2. The summed E-state index contributed by atoms with van der Waals surface area (Å²) in [5.41, 5.74) is 3.42. The lowest BCUT2D eigenvalue weighted by Gasteiger charge is -2.13. The molecule has 1 amide bonds. The van der Waals surface area contributed by atoms with Crippen LogP contribution in [0.15, 0.2) is 53.5 Å². The number of hydrogen-bond donors (Lipinski definition) is 0. The third-order valence-electron chi connectivity index (χ3n) is 4.94. The van der Waals surface area contributed by atoms with Crippen molar-refractivity contribution in [1.82, 2.24) is 9.47 Å². The number of carbonyl (C=O) groups excluding carboxylic acids is 1. The molecule has 1 atom stereocenters. The number of rotatable bonds is 0. The fourth-order valence-electron chi connectivity index (χ4n) is 3.77. The predicted molar refractivity (Wildman–Crippen MR) is 90.5 cm³/mol. The van der Waals surface area contributed by atoms with Gasteiger partial charge in [-0.25, -0.2) is 9.38 Å². The second kappa shape index (κ2) is 4.54. The molecular formula is C19H14FN3O. The summed E-state index contributed by atoms with van der Waals surface area (Å²) in [4.78, 5) is 18.6. The number of likely N-dealkylation sites (N-methyl/N-ethyl adjacent to an activating group) is 1. The molecular weight excluding hydrogens is 305 g/mol. The second-order valence-corrected chi connectivity index (χ2v) is 6.25. The Morgan fingerprint density at radius 1 is 1.17 bits per heavy atom. The number of carbonyl (C=O) groups is 1. The Bertz CT molecular complexity index is 1050. The normalized spacial score (nSPS) is 18.9. The van der Waals surface area contributed by atoms with Crippen molar-refractivity contribution in [3.05, 3.63) is 60.0 Å². The number of aromatic nitrogens is 1. The molecule has 0 spiro atoms. The van der Waals surface area contributed by atoms with Gasteiger partial charge in [-0.3, -0.25) is 4.79 Å². The van der Waals surface area contributed by atoms with Gasteiger partial charge in [-0.1, -0.05) is 18.2 Å². The molecule has 0 saturated carbocycles. The molecule has 1 fully saturated rings. The van der Waals surface area contributed by atoms with Crippen LogP contribution in [0.4, 0.5) is 10.1 Å². The third kappa shape index (κ3) is 1.61. The number of amides is 1. The highest BCUT2D eigenvalue weighted by molar-refractivity contribution is 6.10. The van der Waals surface area contributed by atoms with E-state index in [0.29, 0.717) is 11.8 Å². The van der Waals surface area contributed by atoms with Crippen molar-refractivity contribution in [2.24, 2.45) is 4.99 Å². The highest BCUT2D eigenvalue weighted by Gasteiger charge is 2.39. The quantitative estimate of drug-likeness (QED) is 0.622. The highest BCUT2D eigenvalue weighted by Crippen LogP contribution is 2.42. The summed E-state index contributed by atoms with van der Waals surface area (Å²) in [6, 6.07) is 14.7. The van der Waals surface area contributed by atoms with Gasteiger partial charge in [-0.05, 0) is 30.3 Å². The maximum atomic E-state index is 14.3. The van der Waals surface area contributed by atoms with Crippen molar-refractivity contribution in [3.63, 3.8) is 0 Å². The summed E-state index contributed by atoms with van der Waals surface area (Å²) in [7, 11) is 1.75. The van der Waals surface area contributed by atoms with Crippen LogP contribution in [0.3, 0.4) is 0 Å². The summed E-state index contributed by atoms with van der Waals surface area (Å²) >= 11 is 0. The fraction of sp³-hybridized carbons (Fsp3) is 0.158. The van der Waals surface area contributed by atoms with Gasteiger partial charge in [-0.15, -0.1) is 0 Å². The largest absolute Gasteiger partial charge is 0.311 e. The van der Waals surface area contributed by atoms with E-state index < -0.39 is 0 Å². The molecule has 3 heterocycles. The number of halogens is 1. The second-order valence-electron chi connectivity index (χ2n) is 6.25. The van der Waals surface area contributed by atoms with Crippen LogP contribution in [0.1, 0.15) is 18.0 Å². The Hall–Kier alpha value is -2.95. The van der Waals surface area contributed by atoms with Gasteiger partial charge in [0.25, 0.3) is 0 Å². The van der Waals surface area contributed by atoms with Crippen molar-refractivity contribution < 1.29 is 9.18 Å². The van der Waals surface area contributed by atoms with Crippen molar-refractivity contribution >= 4 is 28.3 Å². The molecule has 118 valence electrons. The molecule has 0 radical (unpaired) electrons. The number of fused-ring (bicyclic) bond motifs is 7. The van der Waals surface area contributed by atoms with Crippen LogP contribution in [0.2, 0.25) is 0 Å². The number of para-hydroxylation sites is 2. The van der Waals surface area contributed by atoms with Crippen LogP contribution in [0.25, 0.3) is 16.6 Å². The zero-order valence-electron chi connectivity index (χ0n) is 13.0. The summed E-state index contributed by atoms with van der Waals surface area (Å²) < 4.78 is 16.4. The Kier molecular flexibility index (Phi) is 2.55. The summed E-state index contributed by atoms with van der Waals surface area (Å²) in [6.45, 7) is 0. The average Bonchev–Trinajstić information content (AvgIpc) is 3.05. The molecule has 2 aromatic carbocycles. The van der Waals surface area contributed by atoms with Gasteiger partial charge < -0.3 is 9.47 Å². The zero-order chi connectivity index (χ0) is 16.4. The van der Waals surface area contributed by atoms with Crippen molar-refractivity contribution in [2.45, 2.75) is 12.3 Å². The third-order valence-corrected chi connectivity index (χ3v) is 4.94. The van der Waals surface area contributed by atoms with Gasteiger partial charge in [-0.2, -0.15) is 0 Å². The smallest absolute Gasteiger partial charge is 0.228 e. The summed E-state index contributed by atoms with van der Waals surface area (Å²) in [6.07, 6.45) is 0.362. The zero-order valence-corrected chi connectivity index (χ0v) is 13.0. The first-order valence-electron chi connectivity index (χ1n) is 7.89. The van der Waals surface area contributed by atoms with Gasteiger partial charge >= 0.3 is 0 Å². The molecule has 0 aliphatic carbocycles. The van der Waals surface area contributed by atoms with Crippen LogP contribution < -0.4 is 0 Å². The van der Waals surface area contributed by atoms with E-state index in [4.69, 9.17) is 4.99 Å². The molecule has 0 N–H and O–H groups in total. The summed E-state index contributed by atoms with van der Waals surface area (Å²) in [5, 5.41) is 0.575. The van der Waals surface area contributed by atoms with Crippen molar-refractivity contribution in [2.75, 3.05) is 7.05 Å². The van der Waals surface area contributed by atoms with Crippen LogP contribution in [0.5, 0.6) is 0 Å². The minimum Gasteiger partial charge on any atom is -0.311 e. The average molecular weight is 319 g/mol. The van der Waals surface area contributed by atoms with E-state index in [9.17, 15) is 9.18 Å². The molecule has 5 heteroatoms. The van der Waals surface area contributed by atoms with E-state index in [2.05, 4.69) is 0 Å². The lowest BCUT2D eigenvalue weighted by molar-refractivity contribution is -0.124. The van der Waals surface area contributed by atoms with Crippen molar-refractivity contribution in [1.29, 1.82) is 0 Å². The van der Waals surface area contributed by atoms with Gasteiger partial charge in [0.15, 0.2) is 0 Å². The first-order valence-corrected chi connectivity index (χ1v) is 7.89. The summed E-state index contributed by atoms with van der Waals surface area (Å²) in [5.74, 6) is 0.369. The van der Waals surface area contributed by atoms with Crippen LogP contribution >= 0.6 is 0 Å². The minimum absolute atomic E-state index is 0.0374.